The first-order valence-corrected chi connectivity index (χ1v) is 8.18. The van der Waals surface area contributed by atoms with Crippen molar-refractivity contribution in [2.24, 2.45) is 0 Å². The lowest BCUT2D eigenvalue weighted by Crippen LogP contribution is -2.16. The van der Waals surface area contributed by atoms with Crippen LogP contribution in [0.3, 0.4) is 0 Å². The molecule has 1 N–H and O–H groups in total. The molecule has 20 heavy (non-hydrogen) atoms. The second-order valence-corrected chi connectivity index (χ2v) is 5.76. The van der Waals surface area contributed by atoms with Crippen molar-refractivity contribution >= 4 is 15.9 Å². The number of ether oxygens (including phenoxy) is 2. The minimum absolute atomic E-state index is 0.600. The molecular formula is C16H26BrNO2. The molecule has 0 unspecified atom stereocenters. The van der Waals surface area contributed by atoms with Gasteiger partial charge in [0.1, 0.15) is 12.4 Å². The summed E-state index contributed by atoms with van der Waals surface area (Å²) in [6.45, 7) is 10.3. The highest BCUT2D eigenvalue weighted by atomic mass is 79.9. The van der Waals surface area contributed by atoms with Crippen molar-refractivity contribution in [3.05, 3.63) is 27.7 Å². The van der Waals surface area contributed by atoms with Gasteiger partial charge in [0.05, 0.1) is 6.61 Å². The monoisotopic (exact) mass is 343 g/mol. The zero-order valence-electron chi connectivity index (χ0n) is 12.8. The summed E-state index contributed by atoms with van der Waals surface area (Å²) < 4.78 is 12.5. The molecule has 0 amide bonds. The molecule has 0 atom stereocenters. The summed E-state index contributed by atoms with van der Waals surface area (Å²) in [6, 6.07) is 4.21. The first kappa shape index (κ1) is 17.5. The quantitative estimate of drug-likeness (QED) is 0.649. The van der Waals surface area contributed by atoms with Gasteiger partial charge in [0.25, 0.3) is 0 Å². The largest absolute Gasteiger partial charge is 0.491 e. The normalized spacial score (nSPS) is 10.8. The van der Waals surface area contributed by atoms with Crippen LogP contribution in [0.2, 0.25) is 0 Å². The van der Waals surface area contributed by atoms with Crippen LogP contribution in [0.15, 0.2) is 16.6 Å². The molecule has 1 rings (SSSR count). The Morgan fingerprint density at radius 2 is 1.90 bits per heavy atom. The lowest BCUT2D eigenvalue weighted by Gasteiger charge is -2.15. The summed E-state index contributed by atoms with van der Waals surface area (Å²) in [7, 11) is 0. The minimum Gasteiger partial charge on any atom is -0.491 e. The van der Waals surface area contributed by atoms with Crippen molar-refractivity contribution in [2.75, 3.05) is 26.4 Å². The van der Waals surface area contributed by atoms with E-state index in [2.05, 4.69) is 54.2 Å². The molecular weight excluding hydrogens is 318 g/mol. The maximum Gasteiger partial charge on any atom is 0.126 e. The highest BCUT2D eigenvalue weighted by Gasteiger charge is 2.09. The van der Waals surface area contributed by atoms with E-state index < -0.39 is 0 Å². The van der Waals surface area contributed by atoms with E-state index in [4.69, 9.17) is 9.47 Å². The smallest absolute Gasteiger partial charge is 0.126 e. The van der Waals surface area contributed by atoms with Crippen molar-refractivity contribution in [2.45, 2.75) is 40.2 Å². The number of benzene rings is 1. The molecule has 0 radical (unpaired) electrons. The zero-order chi connectivity index (χ0) is 14.8. The number of hydrogen-bond acceptors (Lipinski definition) is 3. The van der Waals surface area contributed by atoms with E-state index in [9.17, 15) is 0 Å². The van der Waals surface area contributed by atoms with E-state index in [1.807, 2.05) is 0 Å². The lowest BCUT2D eigenvalue weighted by molar-refractivity contribution is 0.1000. The van der Waals surface area contributed by atoms with E-state index >= 15 is 0 Å². The Morgan fingerprint density at radius 3 is 2.60 bits per heavy atom. The number of hydrogen-bond donors (Lipinski definition) is 1. The van der Waals surface area contributed by atoms with Gasteiger partial charge in [0.15, 0.2) is 0 Å². The van der Waals surface area contributed by atoms with Crippen molar-refractivity contribution < 1.29 is 9.47 Å². The molecule has 1 aromatic rings. The van der Waals surface area contributed by atoms with Crippen LogP contribution in [-0.4, -0.2) is 26.4 Å². The predicted octanol–water partition coefficient (Wildman–Crippen LogP) is 4.06. The van der Waals surface area contributed by atoms with E-state index in [1.54, 1.807) is 0 Å². The van der Waals surface area contributed by atoms with Crippen LogP contribution in [0.4, 0.5) is 0 Å². The predicted molar refractivity (Wildman–Crippen MR) is 87.5 cm³/mol. The number of aryl methyl sites for hydroxylation is 1. The summed E-state index contributed by atoms with van der Waals surface area (Å²) in [4.78, 5) is 0. The third-order valence-electron chi connectivity index (χ3n) is 2.88. The molecule has 0 spiro atoms. The molecule has 4 heteroatoms. The summed E-state index contributed by atoms with van der Waals surface area (Å²) in [5.41, 5.74) is 2.35. The van der Waals surface area contributed by atoms with Gasteiger partial charge in [0, 0.05) is 23.2 Å². The molecule has 0 saturated heterocycles. The SMILES string of the molecule is CCCNCc1cc(Br)cc(C)c1OCCOCCC. The van der Waals surface area contributed by atoms with Gasteiger partial charge in [-0.15, -0.1) is 0 Å². The van der Waals surface area contributed by atoms with Crippen molar-refractivity contribution in [3.8, 4) is 5.75 Å². The van der Waals surface area contributed by atoms with Gasteiger partial charge in [0.2, 0.25) is 0 Å². The standard InChI is InChI=1S/C16H26BrNO2/c1-4-6-18-12-14-11-15(17)10-13(3)16(14)20-9-8-19-7-5-2/h10-11,18H,4-9,12H2,1-3H3. The van der Waals surface area contributed by atoms with E-state index in [0.717, 1.165) is 48.3 Å². The molecule has 0 aliphatic rings. The van der Waals surface area contributed by atoms with Crippen LogP contribution >= 0.6 is 15.9 Å². The molecule has 0 fully saturated rings. The second kappa shape index (κ2) is 10.2. The molecule has 1 aromatic carbocycles. The van der Waals surface area contributed by atoms with E-state index in [0.29, 0.717) is 13.2 Å². The van der Waals surface area contributed by atoms with Crippen molar-refractivity contribution in [1.29, 1.82) is 0 Å². The third-order valence-corrected chi connectivity index (χ3v) is 3.34. The maximum atomic E-state index is 5.91. The van der Waals surface area contributed by atoms with Crippen LogP contribution in [0, 0.1) is 6.92 Å². The highest BCUT2D eigenvalue weighted by Crippen LogP contribution is 2.28. The van der Waals surface area contributed by atoms with Gasteiger partial charge in [-0.1, -0.05) is 29.8 Å². The maximum absolute atomic E-state index is 5.91. The van der Waals surface area contributed by atoms with Crippen LogP contribution in [-0.2, 0) is 11.3 Å². The summed E-state index contributed by atoms with van der Waals surface area (Å²) in [5, 5.41) is 3.42. The summed E-state index contributed by atoms with van der Waals surface area (Å²) in [5.74, 6) is 0.983. The Balaban J connectivity index is 2.61. The molecule has 0 aromatic heterocycles. The molecule has 0 saturated carbocycles. The Morgan fingerprint density at radius 1 is 1.10 bits per heavy atom. The minimum atomic E-state index is 0.600. The molecule has 0 aliphatic heterocycles. The van der Waals surface area contributed by atoms with Crippen LogP contribution < -0.4 is 10.1 Å². The van der Waals surface area contributed by atoms with Crippen LogP contribution in [0.1, 0.15) is 37.8 Å². The number of rotatable bonds is 10. The topological polar surface area (TPSA) is 30.5 Å². The van der Waals surface area contributed by atoms with Crippen molar-refractivity contribution in [1.82, 2.24) is 5.32 Å². The van der Waals surface area contributed by atoms with Gasteiger partial charge in [-0.05, 0) is 44.0 Å². The van der Waals surface area contributed by atoms with Crippen LogP contribution in [0.5, 0.6) is 5.75 Å². The zero-order valence-corrected chi connectivity index (χ0v) is 14.4. The Labute approximate surface area is 131 Å². The highest BCUT2D eigenvalue weighted by molar-refractivity contribution is 9.10. The van der Waals surface area contributed by atoms with E-state index in [-0.39, 0.29) is 0 Å². The number of nitrogens with one attached hydrogen (secondary N) is 1. The van der Waals surface area contributed by atoms with Crippen LogP contribution in [0.25, 0.3) is 0 Å². The fourth-order valence-corrected chi connectivity index (χ4v) is 2.61. The van der Waals surface area contributed by atoms with Gasteiger partial charge in [-0.2, -0.15) is 0 Å². The first-order valence-electron chi connectivity index (χ1n) is 7.39. The average molecular weight is 344 g/mol. The summed E-state index contributed by atoms with van der Waals surface area (Å²) >= 11 is 3.55. The van der Waals surface area contributed by atoms with E-state index in [1.165, 1.54) is 5.56 Å². The molecule has 3 nitrogen and oxygen atoms in total. The van der Waals surface area contributed by atoms with Gasteiger partial charge < -0.3 is 14.8 Å². The van der Waals surface area contributed by atoms with Gasteiger partial charge in [-0.25, -0.2) is 0 Å². The molecule has 0 aliphatic carbocycles. The average Bonchev–Trinajstić information content (AvgIpc) is 2.41. The fourth-order valence-electron chi connectivity index (χ4n) is 1.99. The summed E-state index contributed by atoms with van der Waals surface area (Å²) in [6.07, 6.45) is 2.18. The first-order chi connectivity index (χ1) is 9.69. The van der Waals surface area contributed by atoms with Crippen molar-refractivity contribution in [3.63, 3.8) is 0 Å². The Bertz CT molecular complexity index is 396. The molecule has 0 bridgehead atoms. The fraction of sp³-hybridized carbons (Fsp3) is 0.625. The molecule has 114 valence electrons. The Hall–Kier alpha value is -0.580. The Kier molecular flexibility index (Phi) is 8.90. The van der Waals surface area contributed by atoms with Gasteiger partial charge in [-0.3, -0.25) is 0 Å². The third kappa shape index (κ3) is 6.25. The number of halogens is 1. The van der Waals surface area contributed by atoms with Gasteiger partial charge >= 0.3 is 0 Å². The lowest BCUT2D eigenvalue weighted by atomic mass is 10.1. The molecule has 0 heterocycles. The second-order valence-electron chi connectivity index (χ2n) is 4.85.